The fourth-order valence-electron chi connectivity index (χ4n) is 1.20. The van der Waals surface area contributed by atoms with Crippen LogP contribution in [0.1, 0.15) is 24.2 Å². The van der Waals surface area contributed by atoms with Crippen LogP contribution in [-0.4, -0.2) is 18.3 Å². The Labute approximate surface area is 79.2 Å². The van der Waals surface area contributed by atoms with E-state index in [-0.39, 0.29) is 0 Å². The van der Waals surface area contributed by atoms with Crippen LogP contribution >= 0.6 is 0 Å². The first-order valence-electron chi connectivity index (χ1n) is 4.56. The van der Waals surface area contributed by atoms with Crippen molar-refractivity contribution < 1.29 is 9.84 Å². The molecule has 0 saturated carbocycles. The van der Waals surface area contributed by atoms with Gasteiger partial charge in [0.15, 0.2) is 0 Å². The Bertz CT molecular complexity index is 258. The Morgan fingerprint density at radius 2 is 2.23 bits per heavy atom. The molecule has 0 aromatic heterocycles. The fourth-order valence-corrected chi connectivity index (χ4v) is 1.20. The van der Waals surface area contributed by atoms with E-state index in [0.29, 0.717) is 13.2 Å². The monoisotopic (exact) mass is 180 g/mol. The number of aliphatic hydroxyl groups is 1. The van der Waals surface area contributed by atoms with Gasteiger partial charge in [0, 0.05) is 6.61 Å². The molecular formula is C11H16O2. The van der Waals surface area contributed by atoms with Gasteiger partial charge in [0.2, 0.25) is 0 Å². The average molecular weight is 180 g/mol. The minimum Gasteiger partial charge on any atom is -0.386 e. The van der Waals surface area contributed by atoms with Gasteiger partial charge in [0.25, 0.3) is 0 Å². The fraction of sp³-hybridized carbons (Fsp3) is 0.455. The molecule has 0 heterocycles. The van der Waals surface area contributed by atoms with Gasteiger partial charge in [-0.3, -0.25) is 0 Å². The number of hydrogen-bond donors (Lipinski definition) is 1. The van der Waals surface area contributed by atoms with Gasteiger partial charge in [-0.25, -0.2) is 0 Å². The van der Waals surface area contributed by atoms with E-state index in [0.717, 1.165) is 11.1 Å². The molecule has 1 rings (SSSR count). The highest BCUT2D eigenvalue weighted by atomic mass is 16.5. The van der Waals surface area contributed by atoms with Crippen LogP contribution in [0.25, 0.3) is 0 Å². The summed E-state index contributed by atoms with van der Waals surface area (Å²) in [5.74, 6) is 0. The molecule has 1 unspecified atom stereocenters. The number of aryl methyl sites for hydroxylation is 1. The Hall–Kier alpha value is -0.860. The van der Waals surface area contributed by atoms with Crippen LogP contribution in [0.5, 0.6) is 0 Å². The van der Waals surface area contributed by atoms with Crippen molar-refractivity contribution in [2.45, 2.75) is 20.0 Å². The number of ether oxygens (including phenoxy) is 1. The summed E-state index contributed by atoms with van der Waals surface area (Å²) in [6.45, 7) is 4.95. The molecule has 1 atom stereocenters. The predicted octanol–water partition coefficient (Wildman–Crippen LogP) is 2.06. The third kappa shape index (κ3) is 3.17. The average Bonchev–Trinajstić information content (AvgIpc) is 2.14. The summed E-state index contributed by atoms with van der Waals surface area (Å²) in [7, 11) is 0. The number of hydrogen-bond acceptors (Lipinski definition) is 2. The minimum atomic E-state index is -0.500. The van der Waals surface area contributed by atoms with Gasteiger partial charge >= 0.3 is 0 Å². The molecule has 1 N–H and O–H groups in total. The van der Waals surface area contributed by atoms with E-state index >= 15 is 0 Å². The van der Waals surface area contributed by atoms with E-state index in [4.69, 9.17) is 4.74 Å². The summed E-state index contributed by atoms with van der Waals surface area (Å²) < 4.78 is 5.14. The van der Waals surface area contributed by atoms with E-state index in [1.54, 1.807) is 0 Å². The second-order valence-corrected chi connectivity index (χ2v) is 3.09. The zero-order valence-corrected chi connectivity index (χ0v) is 8.16. The second-order valence-electron chi connectivity index (χ2n) is 3.09. The highest BCUT2D eigenvalue weighted by Gasteiger charge is 2.06. The summed E-state index contributed by atoms with van der Waals surface area (Å²) in [5.41, 5.74) is 2.08. The molecule has 0 amide bonds. The lowest BCUT2D eigenvalue weighted by atomic mass is 10.1. The van der Waals surface area contributed by atoms with Crippen LogP contribution in [0.2, 0.25) is 0 Å². The van der Waals surface area contributed by atoms with Crippen LogP contribution in [0.3, 0.4) is 0 Å². The van der Waals surface area contributed by atoms with Gasteiger partial charge in [0.05, 0.1) is 6.61 Å². The molecule has 0 aliphatic carbocycles. The second kappa shape index (κ2) is 5.00. The molecule has 0 spiro atoms. The Morgan fingerprint density at radius 3 is 2.85 bits per heavy atom. The van der Waals surface area contributed by atoms with Crippen molar-refractivity contribution in [3.05, 3.63) is 35.4 Å². The highest BCUT2D eigenvalue weighted by Crippen LogP contribution is 2.14. The van der Waals surface area contributed by atoms with Crippen molar-refractivity contribution in [1.82, 2.24) is 0 Å². The van der Waals surface area contributed by atoms with Gasteiger partial charge in [-0.1, -0.05) is 29.8 Å². The smallest absolute Gasteiger partial charge is 0.102 e. The summed E-state index contributed by atoms with van der Waals surface area (Å²) >= 11 is 0. The summed E-state index contributed by atoms with van der Waals surface area (Å²) in [5, 5.41) is 9.65. The van der Waals surface area contributed by atoms with Gasteiger partial charge in [-0.05, 0) is 19.4 Å². The molecule has 72 valence electrons. The lowest BCUT2D eigenvalue weighted by molar-refractivity contribution is 0.0420. The highest BCUT2D eigenvalue weighted by molar-refractivity contribution is 5.23. The van der Waals surface area contributed by atoms with E-state index in [2.05, 4.69) is 0 Å². The summed E-state index contributed by atoms with van der Waals surface area (Å²) in [6.07, 6.45) is -0.500. The predicted molar refractivity (Wildman–Crippen MR) is 52.6 cm³/mol. The first kappa shape index (κ1) is 10.2. The molecule has 1 aromatic rings. The maximum absolute atomic E-state index is 9.65. The van der Waals surface area contributed by atoms with E-state index < -0.39 is 6.10 Å². The SMILES string of the molecule is CCOCC(O)c1cccc(C)c1. The first-order chi connectivity index (χ1) is 6.24. The summed E-state index contributed by atoms with van der Waals surface area (Å²) in [4.78, 5) is 0. The van der Waals surface area contributed by atoms with Crippen LogP contribution in [-0.2, 0) is 4.74 Å². The normalized spacial score (nSPS) is 12.8. The Balaban J connectivity index is 2.60. The number of rotatable bonds is 4. The van der Waals surface area contributed by atoms with Crippen molar-refractivity contribution >= 4 is 0 Å². The standard InChI is InChI=1S/C11H16O2/c1-3-13-8-11(12)10-6-4-5-9(2)7-10/h4-7,11-12H,3,8H2,1-2H3. The molecule has 0 bridgehead atoms. The van der Waals surface area contributed by atoms with Crippen molar-refractivity contribution in [3.8, 4) is 0 Å². The minimum absolute atomic E-state index is 0.375. The maximum atomic E-state index is 9.65. The van der Waals surface area contributed by atoms with Gasteiger partial charge in [-0.2, -0.15) is 0 Å². The van der Waals surface area contributed by atoms with Crippen molar-refractivity contribution in [1.29, 1.82) is 0 Å². The Morgan fingerprint density at radius 1 is 1.46 bits per heavy atom. The topological polar surface area (TPSA) is 29.5 Å². The molecule has 1 aromatic carbocycles. The van der Waals surface area contributed by atoms with E-state index in [1.807, 2.05) is 38.1 Å². The summed E-state index contributed by atoms with van der Waals surface area (Å²) in [6, 6.07) is 7.84. The molecule has 0 radical (unpaired) electrons. The third-order valence-corrected chi connectivity index (χ3v) is 1.91. The molecule has 0 fully saturated rings. The van der Waals surface area contributed by atoms with Crippen LogP contribution < -0.4 is 0 Å². The van der Waals surface area contributed by atoms with Gasteiger partial charge < -0.3 is 9.84 Å². The molecule has 0 saturated heterocycles. The van der Waals surface area contributed by atoms with E-state index in [1.165, 1.54) is 0 Å². The van der Waals surface area contributed by atoms with Gasteiger partial charge in [-0.15, -0.1) is 0 Å². The van der Waals surface area contributed by atoms with E-state index in [9.17, 15) is 5.11 Å². The van der Waals surface area contributed by atoms with Crippen LogP contribution in [0.4, 0.5) is 0 Å². The maximum Gasteiger partial charge on any atom is 0.102 e. The van der Waals surface area contributed by atoms with Crippen molar-refractivity contribution in [3.63, 3.8) is 0 Å². The number of benzene rings is 1. The zero-order valence-electron chi connectivity index (χ0n) is 8.16. The van der Waals surface area contributed by atoms with Crippen molar-refractivity contribution in [2.75, 3.05) is 13.2 Å². The molecule has 0 aliphatic rings. The van der Waals surface area contributed by atoms with Crippen molar-refractivity contribution in [2.24, 2.45) is 0 Å². The lowest BCUT2D eigenvalue weighted by Gasteiger charge is -2.10. The lowest BCUT2D eigenvalue weighted by Crippen LogP contribution is -2.06. The zero-order chi connectivity index (χ0) is 9.68. The molecule has 2 heteroatoms. The largest absolute Gasteiger partial charge is 0.386 e. The molecule has 2 nitrogen and oxygen atoms in total. The molecular weight excluding hydrogens is 164 g/mol. The van der Waals surface area contributed by atoms with Gasteiger partial charge in [0.1, 0.15) is 6.10 Å². The first-order valence-corrected chi connectivity index (χ1v) is 4.56. The Kier molecular flexibility index (Phi) is 3.93. The number of aliphatic hydroxyl groups excluding tert-OH is 1. The molecule has 0 aliphatic heterocycles. The van der Waals surface area contributed by atoms with Crippen LogP contribution in [0, 0.1) is 6.92 Å². The third-order valence-electron chi connectivity index (χ3n) is 1.91. The molecule has 13 heavy (non-hydrogen) atoms. The quantitative estimate of drug-likeness (QED) is 0.768. The van der Waals surface area contributed by atoms with Crippen LogP contribution in [0.15, 0.2) is 24.3 Å².